The van der Waals surface area contributed by atoms with E-state index >= 15 is 0 Å². The topological polar surface area (TPSA) is 87.8 Å². The number of aromatic carboxylic acids is 1. The lowest BCUT2D eigenvalue weighted by atomic mass is 10.1. The molecule has 0 radical (unpaired) electrons. The average molecular weight is 265 g/mol. The van der Waals surface area contributed by atoms with Crippen LogP contribution >= 0.6 is 0 Å². The molecule has 2 rings (SSSR count). The maximum absolute atomic E-state index is 10.8. The molecule has 0 aromatic heterocycles. The van der Waals surface area contributed by atoms with Crippen LogP contribution < -0.4 is 11.1 Å². The first-order valence-electron chi connectivity index (χ1n) is 6.23. The van der Waals surface area contributed by atoms with E-state index in [0.717, 1.165) is 25.4 Å². The number of carboxylic acid groups (broad SMARTS) is 1. The number of likely N-dealkylation sites (N-methyl/N-ethyl adjacent to an activating group) is 1. The normalized spacial score (nSPS) is 20.2. The van der Waals surface area contributed by atoms with Gasteiger partial charge in [0.2, 0.25) is 0 Å². The van der Waals surface area contributed by atoms with Crippen molar-refractivity contribution in [3.63, 3.8) is 0 Å². The molecular formula is C13H19N3O3. The number of hydrogen-bond acceptors (Lipinski definition) is 5. The molecule has 1 heterocycles. The number of carboxylic acids is 1. The SMILES string of the molecule is CN1CCOC(CNc2ccc(C(=O)O)cc2N)C1. The van der Waals surface area contributed by atoms with Gasteiger partial charge in [-0.3, -0.25) is 0 Å². The van der Waals surface area contributed by atoms with E-state index in [4.69, 9.17) is 15.6 Å². The van der Waals surface area contributed by atoms with Gasteiger partial charge in [0.05, 0.1) is 29.6 Å². The van der Waals surface area contributed by atoms with Gasteiger partial charge in [0.25, 0.3) is 0 Å². The van der Waals surface area contributed by atoms with Crippen molar-refractivity contribution in [2.24, 2.45) is 0 Å². The van der Waals surface area contributed by atoms with Crippen molar-refractivity contribution in [1.29, 1.82) is 0 Å². The summed E-state index contributed by atoms with van der Waals surface area (Å²) in [4.78, 5) is 13.0. The molecule has 0 saturated carbocycles. The molecule has 1 aromatic rings. The lowest BCUT2D eigenvalue weighted by molar-refractivity contribution is -0.0117. The molecule has 1 aliphatic rings. The molecule has 19 heavy (non-hydrogen) atoms. The van der Waals surface area contributed by atoms with E-state index < -0.39 is 5.97 Å². The average Bonchev–Trinajstić information content (AvgIpc) is 2.37. The molecule has 1 atom stereocenters. The quantitative estimate of drug-likeness (QED) is 0.695. The number of benzene rings is 1. The Hall–Kier alpha value is -1.79. The number of anilines is 2. The lowest BCUT2D eigenvalue weighted by Gasteiger charge is -2.30. The predicted octanol–water partition coefficient (Wildman–Crippen LogP) is 0.709. The largest absolute Gasteiger partial charge is 0.478 e. The molecule has 104 valence electrons. The number of nitrogens with two attached hydrogens (primary N) is 1. The zero-order valence-corrected chi connectivity index (χ0v) is 10.9. The van der Waals surface area contributed by atoms with Crippen LogP contribution in [0.15, 0.2) is 18.2 Å². The molecule has 1 fully saturated rings. The first-order valence-corrected chi connectivity index (χ1v) is 6.23. The predicted molar refractivity (Wildman–Crippen MR) is 73.5 cm³/mol. The summed E-state index contributed by atoms with van der Waals surface area (Å²) >= 11 is 0. The van der Waals surface area contributed by atoms with Crippen molar-refractivity contribution < 1.29 is 14.6 Å². The van der Waals surface area contributed by atoms with Crippen LogP contribution in [0.25, 0.3) is 0 Å². The number of nitrogens with one attached hydrogen (secondary N) is 1. The van der Waals surface area contributed by atoms with Crippen molar-refractivity contribution in [2.45, 2.75) is 6.10 Å². The van der Waals surface area contributed by atoms with Crippen LogP contribution in [0, 0.1) is 0 Å². The van der Waals surface area contributed by atoms with E-state index in [9.17, 15) is 4.79 Å². The number of carbonyl (C=O) groups is 1. The standard InChI is InChI=1S/C13H19N3O3/c1-16-4-5-19-10(8-16)7-15-12-3-2-9(13(17)18)6-11(12)14/h2-3,6,10,15H,4-5,7-8,14H2,1H3,(H,17,18). The van der Waals surface area contributed by atoms with E-state index in [2.05, 4.69) is 17.3 Å². The first-order chi connectivity index (χ1) is 9.06. The van der Waals surface area contributed by atoms with Gasteiger partial charge in [-0.15, -0.1) is 0 Å². The van der Waals surface area contributed by atoms with Gasteiger partial charge in [0.15, 0.2) is 0 Å². The molecule has 0 bridgehead atoms. The fourth-order valence-electron chi connectivity index (χ4n) is 2.07. The minimum absolute atomic E-state index is 0.123. The summed E-state index contributed by atoms with van der Waals surface area (Å²) in [6.45, 7) is 3.21. The monoisotopic (exact) mass is 265 g/mol. The highest BCUT2D eigenvalue weighted by Crippen LogP contribution is 2.20. The Morgan fingerprint density at radius 3 is 3.05 bits per heavy atom. The van der Waals surface area contributed by atoms with Gasteiger partial charge in [0, 0.05) is 19.6 Å². The van der Waals surface area contributed by atoms with Crippen LogP contribution in [0.3, 0.4) is 0 Å². The Bertz CT molecular complexity index is 464. The number of hydrogen-bond donors (Lipinski definition) is 3. The van der Waals surface area contributed by atoms with Gasteiger partial charge in [0.1, 0.15) is 0 Å². The van der Waals surface area contributed by atoms with Gasteiger partial charge in [-0.1, -0.05) is 0 Å². The molecule has 1 aromatic carbocycles. The highest BCUT2D eigenvalue weighted by molar-refractivity contribution is 5.90. The Morgan fingerprint density at radius 1 is 1.63 bits per heavy atom. The molecule has 6 heteroatoms. The van der Waals surface area contributed by atoms with Crippen LogP contribution in [-0.4, -0.2) is 55.4 Å². The third-order valence-electron chi connectivity index (χ3n) is 3.16. The van der Waals surface area contributed by atoms with Crippen molar-refractivity contribution in [3.05, 3.63) is 23.8 Å². The van der Waals surface area contributed by atoms with Crippen molar-refractivity contribution in [3.8, 4) is 0 Å². The van der Waals surface area contributed by atoms with E-state index in [1.54, 1.807) is 6.07 Å². The summed E-state index contributed by atoms with van der Waals surface area (Å²) in [6.07, 6.45) is 0.123. The Morgan fingerprint density at radius 2 is 2.42 bits per heavy atom. The van der Waals surface area contributed by atoms with Gasteiger partial charge in [-0.25, -0.2) is 4.79 Å². The van der Waals surface area contributed by atoms with E-state index in [0.29, 0.717) is 12.2 Å². The summed E-state index contributed by atoms with van der Waals surface area (Å²) in [5, 5.41) is 12.1. The Balaban J connectivity index is 1.94. The fraction of sp³-hybridized carbons (Fsp3) is 0.462. The van der Waals surface area contributed by atoms with Gasteiger partial charge < -0.3 is 25.8 Å². The summed E-state index contributed by atoms with van der Waals surface area (Å²) < 4.78 is 5.63. The minimum atomic E-state index is -0.976. The molecule has 1 unspecified atom stereocenters. The maximum atomic E-state index is 10.8. The summed E-state index contributed by atoms with van der Waals surface area (Å²) in [6, 6.07) is 4.68. The zero-order valence-electron chi connectivity index (χ0n) is 10.9. The molecule has 1 aliphatic heterocycles. The minimum Gasteiger partial charge on any atom is -0.478 e. The smallest absolute Gasteiger partial charge is 0.335 e. The molecule has 1 saturated heterocycles. The Labute approximate surface area is 112 Å². The van der Waals surface area contributed by atoms with Crippen molar-refractivity contribution in [1.82, 2.24) is 4.90 Å². The van der Waals surface area contributed by atoms with Gasteiger partial charge >= 0.3 is 5.97 Å². The number of rotatable bonds is 4. The van der Waals surface area contributed by atoms with E-state index in [1.165, 1.54) is 12.1 Å². The molecular weight excluding hydrogens is 246 g/mol. The van der Waals surface area contributed by atoms with Gasteiger partial charge in [-0.05, 0) is 25.2 Å². The fourth-order valence-corrected chi connectivity index (χ4v) is 2.07. The molecule has 4 N–H and O–H groups in total. The molecule has 0 amide bonds. The van der Waals surface area contributed by atoms with Crippen molar-refractivity contribution in [2.75, 3.05) is 44.3 Å². The van der Waals surface area contributed by atoms with Crippen LogP contribution in [0.2, 0.25) is 0 Å². The summed E-state index contributed by atoms with van der Waals surface area (Å²) in [5.74, 6) is -0.976. The number of ether oxygens (including phenoxy) is 1. The first kappa shape index (κ1) is 13.6. The molecule has 6 nitrogen and oxygen atoms in total. The lowest BCUT2D eigenvalue weighted by Crippen LogP contribution is -2.43. The Kier molecular flexibility index (Phi) is 4.24. The van der Waals surface area contributed by atoms with Crippen molar-refractivity contribution >= 4 is 17.3 Å². The summed E-state index contributed by atoms with van der Waals surface area (Å²) in [5.41, 5.74) is 7.19. The molecule has 0 aliphatic carbocycles. The second-order valence-corrected chi connectivity index (χ2v) is 4.74. The maximum Gasteiger partial charge on any atom is 0.335 e. The third-order valence-corrected chi connectivity index (χ3v) is 3.16. The van der Waals surface area contributed by atoms with E-state index in [-0.39, 0.29) is 11.7 Å². The van der Waals surface area contributed by atoms with Crippen LogP contribution in [-0.2, 0) is 4.74 Å². The summed E-state index contributed by atoms with van der Waals surface area (Å²) in [7, 11) is 2.06. The molecule has 0 spiro atoms. The highest BCUT2D eigenvalue weighted by Gasteiger charge is 2.17. The highest BCUT2D eigenvalue weighted by atomic mass is 16.5. The number of nitrogen functional groups attached to an aromatic ring is 1. The zero-order chi connectivity index (χ0) is 13.8. The van der Waals surface area contributed by atoms with E-state index in [1.807, 2.05) is 0 Å². The van der Waals surface area contributed by atoms with Gasteiger partial charge in [-0.2, -0.15) is 0 Å². The third kappa shape index (κ3) is 3.59. The van der Waals surface area contributed by atoms with Crippen LogP contribution in [0.4, 0.5) is 11.4 Å². The second-order valence-electron chi connectivity index (χ2n) is 4.74. The number of morpholine rings is 1. The van der Waals surface area contributed by atoms with Crippen LogP contribution in [0.5, 0.6) is 0 Å². The number of nitrogens with zero attached hydrogens (tertiary/aromatic N) is 1. The second kappa shape index (κ2) is 5.90. The van der Waals surface area contributed by atoms with Crippen LogP contribution in [0.1, 0.15) is 10.4 Å².